The van der Waals surface area contributed by atoms with E-state index in [0.717, 1.165) is 6.07 Å². The molecular weight excluding hydrogens is 238 g/mol. The fourth-order valence-corrected chi connectivity index (χ4v) is 1.84. The number of carbonyl (C=O) groups excluding carboxylic acids is 1. The van der Waals surface area contributed by atoms with Crippen molar-refractivity contribution in [2.75, 3.05) is 6.61 Å². The van der Waals surface area contributed by atoms with Crippen LogP contribution in [0.3, 0.4) is 0 Å². The molecule has 0 radical (unpaired) electrons. The van der Waals surface area contributed by atoms with Gasteiger partial charge < -0.3 is 4.74 Å². The number of hydrogen-bond acceptors (Lipinski definition) is 2. The molecule has 18 heavy (non-hydrogen) atoms. The monoisotopic (exact) mass is 256 g/mol. The van der Waals surface area contributed by atoms with Gasteiger partial charge in [-0.1, -0.05) is 26.0 Å². The van der Waals surface area contributed by atoms with Gasteiger partial charge in [0.15, 0.2) is 11.6 Å². The van der Waals surface area contributed by atoms with Gasteiger partial charge in [0.25, 0.3) is 0 Å². The summed E-state index contributed by atoms with van der Waals surface area (Å²) in [6.07, 6.45) is 0. The average Bonchev–Trinajstić information content (AvgIpc) is 2.31. The Bertz CT molecular complexity index is 443. The molecule has 0 aliphatic heterocycles. The molecule has 1 aromatic carbocycles. The second-order valence-corrected chi connectivity index (χ2v) is 4.68. The summed E-state index contributed by atoms with van der Waals surface area (Å²) in [6, 6.07) is 3.85. The van der Waals surface area contributed by atoms with Gasteiger partial charge in [-0.25, -0.2) is 8.78 Å². The highest BCUT2D eigenvalue weighted by molar-refractivity contribution is 5.83. The molecule has 0 spiro atoms. The van der Waals surface area contributed by atoms with Crippen molar-refractivity contribution in [1.82, 2.24) is 0 Å². The van der Waals surface area contributed by atoms with Crippen LogP contribution in [0, 0.1) is 17.6 Å². The zero-order valence-electron chi connectivity index (χ0n) is 11.1. The number of benzene rings is 1. The summed E-state index contributed by atoms with van der Waals surface area (Å²) in [4.78, 5) is 12.1. The molecule has 0 heterocycles. The highest BCUT2D eigenvalue weighted by Gasteiger charge is 2.42. The van der Waals surface area contributed by atoms with E-state index in [4.69, 9.17) is 4.74 Å². The summed E-state index contributed by atoms with van der Waals surface area (Å²) in [5.74, 6) is -2.69. The number of ether oxygens (including phenoxy) is 1. The first-order valence-electron chi connectivity index (χ1n) is 5.97. The topological polar surface area (TPSA) is 26.3 Å². The molecule has 0 aromatic heterocycles. The Balaban J connectivity index is 3.36. The van der Waals surface area contributed by atoms with Crippen molar-refractivity contribution in [3.8, 4) is 0 Å². The zero-order chi connectivity index (χ0) is 13.9. The number of carbonyl (C=O) groups is 1. The van der Waals surface area contributed by atoms with Crippen LogP contribution in [0.2, 0.25) is 0 Å². The van der Waals surface area contributed by atoms with Crippen LogP contribution in [-0.2, 0) is 14.9 Å². The molecular formula is C14H18F2O2. The van der Waals surface area contributed by atoms with Crippen LogP contribution in [0.15, 0.2) is 18.2 Å². The Kier molecular flexibility index (Phi) is 4.43. The number of rotatable bonds is 4. The van der Waals surface area contributed by atoms with E-state index < -0.39 is 23.0 Å². The van der Waals surface area contributed by atoms with Gasteiger partial charge in [-0.05, 0) is 25.8 Å². The Morgan fingerprint density at radius 1 is 1.39 bits per heavy atom. The number of halogens is 2. The van der Waals surface area contributed by atoms with E-state index in [0.29, 0.717) is 0 Å². The van der Waals surface area contributed by atoms with Gasteiger partial charge in [-0.2, -0.15) is 0 Å². The van der Waals surface area contributed by atoms with Gasteiger partial charge in [0, 0.05) is 5.56 Å². The van der Waals surface area contributed by atoms with Crippen molar-refractivity contribution in [2.45, 2.75) is 33.1 Å². The summed E-state index contributed by atoms with van der Waals surface area (Å²) in [6.45, 7) is 7.02. The lowest BCUT2D eigenvalue weighted by Gasteiger charge is -2.32. The Morgan fingerprint density at radius 2 is 2.00 bits per heavy atom. The third-order valence-electron chi connectivity index (χ3n) is 3.37. The molecule has 1 atom stereocenters. The van der Waals surface area contributed by atoms with Crippen molar-refractivity contribution in [3.05, 3.63) is 35.4 Å². The Hall–Kier alpha value is -1.45. The molecule has 0 saturated heterocycles. The van der Waals surface area contributed by atoms with Crippen LogP contribution in [-0.4, -0.2) is 12.6 Å². The largest absolute Gasteiger partial charge is 0.465 e. The van der Waals surface area contributed by atoms with Gasteiger partial charge >= 0.3 is 5.97 Å². The van der Waals surface area contributed by atoms with Crippen LogP contribution >= 0.6 is 0 Å². The summed E-state index contributed by atoms with van der Waals surface area (Å²) in [5, 5.41) is 0. The van der Waals surface area contributed by atoms with Crippen LogP contribution < -0.4 is 0 Å². The smallest absolute Gasteiger partial charge is 0.316 e. The van der Waals surface area contributed by atoms with Gasteiger partial charge in [0.1, 0.15) is 0 Å². The predicted octanol–water partition coefficient (Wildman–Crippen LogP) is 3.44. The molecule has 1 rings (SSSR count). The molecule has 0 aliphatic carbocycles. The summed E-state index contributed by atoms with van der Waals surface area (Å²) in [5.41, 5.74) is -1.15. The van der Waals surface area contributed by atoms with Crippen molar-refractivity contribution in [2.24, 2.45) is 5.92 Å². The Labute approximate surface area is 106 Å². The first kappa shape index (κ1) is 14.6. The average molecular weight is 256 g/mol. The second kappa shape index (κ2) is 5.46. The summed E-state index contributed by atoms with van der Waals surface area (Å²) >= 11 is 0. The van der Waals surface area contributed by atoms with Gasteiger partial charge in [0.05, 0.1) is 12.0 Å². The first-order valence-corrected chi connectivity index (χ1v) is 5.97. The SMILES string of the molecule is CCOC(=O)C(C)(c1cccc(F)c1F)C(C)C. The van der Waals surface area contributed by atoms with Crippen molar-refractivity contribution in [1.29, 1.82) is 0 Å². The van der Waals surface area contributed by atoms with Crippen LogP contribution in [0.25, 0.3) is 0 Å². The lowest BCUT2D eigenvalue weighted by Crippen LogP contribution is -2.40. The van der Waals surface area contributed by atoms with E-state index in [1.807, 2.05) is 0 Å². The fraction of sp³-hybridized carbons (Fsp3) is 0.500. The highest BCUT2D eigenvalue weighted by atomic mass is 19.2. The van der Waals surface area contributed by atoms with E-state index in [2.05, 4.69) is 0 Å². The maximum atomic E-state index is 13.9. The molecule has 0 bridgehead atoms. The normalized spacial score (nSPS) is 14.4. The summed E-state index contributed by atoms with van der Waals surface area (Å²) < 4.78 is 32.2. The number of esters is 1. The third-order valence-corrected chi connectivity index (χ3v) is 3.37. The molecule has 0 N–H and O–H groups in total. The Morgan fingerprint density at radius 3 is 2.50 bits per heavy atom. The van der Waals surface area contributed by atoms with Gasteiger partial charge in [0.2, 0.25) is 0 Å². The number of hydrogen-bond donors (Lipinski definition) is 0. The summed E-state index contributed by atoms with van der Waals surface area (Å²) in [7, 11) is 0. The molecule has 0 saturated carbocycles. The molecule has 2 nitrogen and oxygen atoms in total. The second-order valence-electron chi connectivity index (χ2n) is 4.68. The molecule has 4 heteroatoms. The van der Waals surface area contributed by atoms with Crippen molar-refractivity contribution < 1.29 is 18.3 Å². The quantitative estimate of drug-likeness (QED) is 0.771. The highest BCUT2D eigenvalue weighted by Crippen LogP contribution is 2.35. The standard InChI is InChI=1S/C14H18F2O2/c1-5-18-13(17)14(4,9(2)3)10-7-6-8-11(15)12(10)16/h6-9H,5H2,1-4H3. The van der Waals surface area contributed by atoms with E-state index in [-0.39, 0.29) is 18.1 Å². The maximum absolute atomic E-state index is 13.9. The lowest BCUT2D eigenvalue weighted by molar-refractivity contribution is -0.151. The molecule has 0 amide bonds. The third kappa shape index (κ3) is 2.37. The first-order chi connectivity index (χ1) is 8.35. The van der Waals surface area contributed by atoms with E-state index in [1.165, 1.54) is 12.1 Å². The maximum Gasteiger partial charge on any atom is 0.316 e. The molecule has 0 aliphatic rings. The molecule has 1 aromatic rings. The van der Waals surface area contributed by atoms with E-state index in [1.54, 1.807) is 27.7 Å². The van der Waals surface area contributed by atoms with Crippen molar-refractivity contribution >= 4 is 5.97 Å². The molecule has 1 unspecified atom stereocenters. The van der Waals surface area contributed by atoms with Crippen LogP contribution in [0.1, 0.15) is 33.3 Å². The molecule has 100 valence electrons. The van der Waals surface area contributed by atoms with E-state index >= 15 is 0 Å². The minimum Gasteiger partial charge on any atom is -0.465 e. The fourth-order valence-electron chi connectivity index (χ4n) is 1.84. The molecule has 0 fully saturated rings. The van der Waals surface area contributed by atoms with Crippen LogP contribution in [0.5, 0.6) is 0 Å². The zero-order valence-corrected chi connectivity index (χ0v) is 11.1. The van der Waals surface area contributed by atoms with Crippen molar-refractivity contribution in [3.63, 3.8) is 0 Å². The minimum absolute atomic E-state index is 0.0379. The minimum atomic E-state index is -1.19. The predicted molar refractivity (Wildman–Crippen MR) is 65.2 cm³/mol. The van der Waals surface area contributed by atoms with Crippen LogP contribution in [0.4, 0.5) is 8.78 Å². The van der Waals surface area contributed by atoms with Gasteiger partial charge in [-0.3, -0.25) is 4.79 Å². The van der Waals surface area contributed by atoms with E-state index in [9.17, 15) is 13.6 Å². The van der Waals surface area contributed by atoms with Gasteiger partial charge in [-0.15, -0.1) is 0 Å². The lowest BCUT2D eigenvalue weighted by atomic mass is 9.73.